The first-order chi connectivity index (χ1) is 14.6. The first kappa shape index (κ1) is 24.3. The van der Waals surface area contributed by atoms with Gasteiger partial charge in [0.1, 0.15) is 5.03 Å². The lowest BCUT2D eigenvalue weighted by atomic mass is 9.86. The van der Waals surface area contributed by atoms with Crippen LogP contribution >= 0.6 is 46.0 Å². The molecule has 0 saturated heterocycles. The Morgan fingerprint density at radius 3 is 2.87 bits per heavy atom. The molecule has 31 heavy (non-hydrogen) atoms. The third-order valence-corrected chi connectivity index (χ3v) is 8.13. The number of aryl methyl sites for hydroxylation is 1. The fourth-order valence-corrected chi connectivity index (χ4v) is 6.41. The molecule has 1 aliphatic heterocycles. The van der Waals surface area contributed by atoms with Crippen molar-refractivity contribution < 1.29 is 9.53 Å². The maximum Gasteiger partial charge on any atom is 0.221 e. The minimum Gasteiger partial charge on any atom is -0.375 e. The van der Waals surface area contributed by atoms with Gasteiger partial charge in [-0.3, -0.25) is 4.79 Å². The molecule has 2 heterocycles. The molecular weight excluding hydrogens is 547 g/mol. The zero-order chi connectivity index (χ0) is 22.8. The highest BCUT2D eigenvalue weighted by atomic mass is 127. The molecule has 2 unspecified atom stereocenters. The second kappa shape index (κ2) is 10.1. The Kier molecular flexibility index (Phi) is 7.88. The van der Waals surface area contributed by atoms with Crippen LogP contribution in [0.5, 0.6) is 0 Å². The number of nitrogens with two attached hydrogens (primary N) is 2. The number of nitrogens with zero attached hydrogens (tertiary/aromatic N) is 2. The van der Waals surface area contributed by atoms with Gasteiger partial charge in [-0.15, -0.1) is 11.8 Å². The summed E-state index contributed by atoms with van der Waals surface area (Å²) in [6.07, 6.45) is 0.615. The molecule has 6 nitrogen and oxygen atoms in total. The number of nitrogen functional groups attached to an aromatic ring is 1. The van der Waals surface area contributed by atoms with Crippen molar-refractivity contribution in [3.8, 4) is 0 Å². The van der Waals surface area contributed by atoms with Crippen molar-refractivity contribution in [2.45, 2.75) is 42.2 Å². The van der Waals surface area contributed by atoms with E-state index < -0.39 is 0 Å². The topological polar surface area (TPSA) is 104 Å². The van der Waals surface area contributed by atoms with Crippen molar-refractivity contribution in [2.24, 2.45) is 11.7 Å². The number of thioether (sulfide) groups is 1. The normalized spacial score (nSPS) is 20.0. The number of hydrogen-bond donors (Lipinski definition) is 2. The number of primary amides is 1. The molecule has 1 aromatic heterocycles. The maximum atomic E-state index is 11.3. The van der Waals surface area contributed by atoms with E-state index in [1.165, 1.54) is 28.5 Å². The predicted octanol–water partition coefficient (Wildman–Crippen LogP) is 4.80. The molecule has 0 saturated carbocycles. The van der Waals surface area contributed by atoms with E-state index in [9.17, 15) is 4.79 Å². The highest BCUT2D eigenvalue weighted by Crippen LogP contribution is 2.46. The fraction of sp³-hybridized carbons (Fsp3) is 0.409. The van der Waals surface area contributed by atoms with E-state index in [-0.39, 0.29) is 21.2 Å². The van der Waals surface area contributed by atoms with E-state index in [1.807, 2.05) is 13.0 Å². The third-order valence-electron chi connectivity index (χ3n) is 5.31. The number of halogens is 2. The van der Waals surface area contributed by atoms with Gasteiger partial charge in [-0.2, -0.15) is 0 Å². The van der Waals surface area contributed by atoms with Gasteiger partial charge in [0, 0.05) is 23.1 Å². The number of carbonyl (C=O) groups excluding carboxylic acids is 1. The quantitative estimate of drug-likeness (QED) is 0.214. The molecule has 3 rings (SSSR count). The first-order valence-electron chi connectivity index (χ1n) is 9.88. The summed E-state index contributed by atoms with van der Waals surface area (Å²) in [5.74, 6) is 0.0816. The lowest BCUT2D eigenvalue weighted by Crippen LogP contribution is -2.31. The monoisotopic (exact) mass is 572 g/mol. The van der Waals surface area contributed by atoms with Crippen molar-refractivity contribution in [3.63, 3.8) is 0 Å². The number of rotatable bonds is 7. The number of hydrogen-bond acceptors (Lipinski definition) is 6. The van der Waals surface area contributed by atoms with Crippen molar-refractivity contribution in [2.75, 3.05) is 18.1 Å². The minimum atomic E-state index is -0.341. The molecule has 2 aromatic rings. The molecule has 4 N–H and O–H groups in total. The summed E-state index contributed by atoms with van der Waals surface area (Å²) in [5, 5.41) is 1.39. The van der Waals surface area contributed by atoms with Crippen LogP contribution in [-0.4, -0.2) is 28.2 Å². The fourth-order valence-electron chi connectivity index (χ4n) is 3.54. The summed E-state index contributed by atoms with van der Waals surface area (Å²) < 4.78 is 5.63. The van der Waals surface area contributed by atoms with Crippen molar-refractivity contribution in [1.29, 1.82) is 0 Å². The summed E-state index contributed by atoms with van der Waals surface area (Å²) in [6, 6.07) is 8.15. The van der Waals surface area contributed by atoms with Crippen molar-refractivity contribution in [1.82, 2.24) is 9.97 Å². The lowest BCUT2D eigenvalue weighted by molar-refractivity contribution is -0.120. The Balaban J connectivity index is 1.88. The molecule has 1 aliphatic rings. The van der Waals surface area contributed by atoms with Crippen LogP contribution in [0.25, 0.3) is 5.57 Å². The summed E-state index contributed by atoms with van der Waals surface area (Å²) in [4.78, 5) is 19.9. The van der Waals surface area contributed by atoms with E-state index in [1.54, 1.807) is 6.92 Å². The number of ether oxygens (including phenoxy) is 1. The smallest absolute Gasteiger partial charge is 0.221 e. The highest BCUT2D eigenvalue weighted by Gasteiger charge is 2.37. The molecule has 166 valence electrons. The SMILES string of the molecule is C/C(=C(/Cl)CC1(I)COCc2cccc(C)c21)c1cc(SCC(C)C(N)=O)nc(N)n1. The van der Waals surface area contributed by atoms with Gasteiger partial charge in [0.15, 0.2) is 0 Å². The van der Waals surface area contributed by atoms with Crippen LogP contribution < -0.4 is 11.5 Å². The molecule has 0 spiro atoms. The molecule has 9 heteroatoms. The van der Waals surface area contributed by atoms with Crippen LogP contribution in [0.4, 0.5) is 5.95 Å². The molecule has 0 fully saturated rings. The Morgan fingerprint density at radius 1 is 1.42 bits per heavy atom. The first-order valence-corrected chi connectivity index (χ1v) is 12.3. The summed E-state index contributed by atoms with van der Waals surface area (Å²) in [6.45, 7) is 7.06. The van der Waals surface area contributed by atoms with Crippen LogP contribution in [0.1, 0.15) is 42.7 Å². The zero-order valence-corrected chi connectivity index (χ0v) is 21.5. The summed E-state index contributed by atoms with van der Waals surface area (Å²) in [7, 11) is 0. The number of benzene rings is 1. The molecule has 0 bridgehead atoms. The Morgan fingerprint density at radius 2 is 2.16 bits per heavy atom. The molecule has 1 amide bonds. The van der Waals surface area contributed by atoms with Crippen LogP contribution in [0.2, 0.25) is 0 Å². The van der Waals surface area contributed by atoms with Gasteiger partial charge in [-0.25, -0.2) is 9.97 Å². The zero-order valence-electron chi connectivity index (χ0n) is 17.7. The number of amides is 1. The number of fused-ring (bicyclic) bond motifs is 1. The van der Waals surface area contributed by atoms with Gasteiger partial charge in [0.25, 0.3) is 0 Å². The molecule has 2 atom stereocenters. The summed E-state index contributed by atoms with van der Waals surface area (Å²) in [5.41, 5.74) is 16.6. The third kappa shape index (κ3) is 5.71. The van der Waals surface area contributed by atoms with E-state index in [0.717, 1.165) is 5.57 Å². The number of allylic oxidation sites excluding steroid dienone is 2. The Labute approximate surface area is 205 Å². The van der Waals surface area contributed by atoms with Crippen LogP contribution in [0, 0.1) is 12.8 Å². The predicted molar refractivity (Wildman–Crippen MR) is 135 cm³/mol. The average Bonchev–Trinajstić information content (AvgIpc) is 2.70. The van der Waals surface area contributed by atoms with Crippen LogP contribution in [-0.2, 0) is 19.6 Å². The molecule has 0 aliphatic carbocycles. The van der Waals surface area contributed by atoms with Gasteiger partial charge in [0.2, 0.25) is 11.9 Å². The van der Waals surface area contributed by atoms with Gasteiger partial charge in [-0.1, -0.05) is 59.3 Å². The average molecular weight is 573 g/mol. The van der Waals surface area contributed by atoms with E-state index in [0.29, 0.717) is 41.1 Å². The van der Waals surface area contributed by atoms with E-state index in [2.05, 4.69) is 57.7 Å². The summed E-state index contributed by atoms with van der Waals surface area (Å²) >= 11 is 10.7. The minimum absolute atomic E-state index is 0.168. The van der Waals surface area contributed by atoms with Gasteiger partial charge >= 0.3 is 0 Å². The number of alkyl halides is 1. The highest BCUT2D eigenvalue weighted by molar-refractivity contribution is 14.1. The largest absolute Gasteiger partial charge is 0.375 e. The van der Waals surface area contributed by atoms with Crippen molar-refractivity contribution >= 4 is 63.4 Å². The van der Waals surface area contributed by atoms with Crippen LogP contribution in [0.15, 0.2) is 34.3 Å². The van der Waals surface area contributed by atoms with Gasteiger partial charge in [0.05, 0.1) is 22.3 Å². The second-order valence-electron chi connectivity index (χ2n) is 7.84. The number of aromatic nitrogens is 2. The van der Waals surface area contributed by atoms with Crippen molar-refractivity contribution in [3.05, 3.63) is 51.7 Å². The van der Waals surface area contributed by atoms with Gasteiger partial charge < -0.3 is 16.2 Å². The number of carbonyl (C=O) groups is 1. The van der Waals surface area contributed by atoms with E-state index >= 15 is 0 Å². The van der Waals surface area contributed by atoms with Gasteiger partial charge in [-0.05, 0) is 42.2 Å². The Bertz CT molecular complexity index is 1030. The van der Waals surface area contributed by atoms with E-state index in [4.69, 9.17) is 27.8 Å². The van der Waals surface area contributed by atoms with Crippen LogP contribution in [0.3, 0.4) is 0 Å². The lowest BCUT2D eigenvalue weighted by Gasteiger charge is -2.35. The number of anilines is 1. The molecular formula is C22H26ClIN4O2S. The Hall–Kier alpha value is -1.36. The molecule has 1 aromatic carbocycles. The standard InChI is InChI=1S/C22H26ClIN4O2S/c1-12-5-4-6-15-9-30-11-22(24,19(12)15)8-16(23)14(3)17-7-18(28-21(26)27-17)31-10-13(2)20(25)29/h4-7,13H,8-11H2,1-3H3,(H2,25,29)(H2,26,27,28)/b16-14-. The second-order valence-corrected chi connectivity index (χ2v) is 11.4. The maximum absolute atomic E-state index is 11.3. The molecule has 0 radical (unpaired) electrons.